The van der Waals surface area contributed by atoms with Crippen LogP contribution in [-0.4, -0.2) is 28.3 Å². The molecule has 124 valence electrons. The van der Waals surface area contributed by atoms with Gasteiger partial charge in [0.1, 0.15) is 5.56 Å². The van der Waals surface area contributed by atoms with Crippen LogP contribution in [0, 0.1) is 12.8 Å². The summed E-state index contributed by atoms with van der Waals surface area (Å²) in [5.41, 5.74) is 0.787. The predicted octanol–water partition coefficient (Wildman–Crippen LogP) is 3.18. The second-order valence-electron chi connectivity index (χ2n) is 6.19. The van der Waals surface area contributed by atoms with Crippen LogP contribution in [0.15, 0.2) is 34.9 Å². The maximum atomic E-state index is 12.6. The molecule has 1 aromatic carbocycles. The van der Waals surface area contributed by atoms with Crippen molar-refractivity contribution < 1.29 is 14.4 Å². The van der Waals surface area contributed by atoms with Crippen molar-refractivity contribution in [2.24, 2.45) is 5.92 Å². The smallest absolute Gasteiger partial charge is 0.257 e. The van der Waals surface area contributed by atoms with E-state index < -0.39 is 5.60 Å². The summed E-state index contributed by atoms with van der Waals surface area (Å²) in [4.78, 5) is 12.6. The molecule has 1 amide bonds. The van der Waals surface area contributed by atoms with Crippen molar-refractivity contribution in [3.05, 3.63) is 41.6 Å². The highest BCUT2D eigenvalue weighted by atomic mass is 16.5. The van der Waals surface area contributed by atoms with E-state index in [1.165, 1.54) is 0 Å². The summed E-state index contributed by atoms with van der Waals surface area (Å²) >= 11 is 0. The fraction of sp³-hybridized carbons (Fsp3) is 0.444. The van der Waals surface area contributed by atoms with Gasteiger partial charge < -0.3 is 14.9 Å². The van der Waals surface area contributed by atoms with Gasteiger partial charge in [-0.25, -0.2) is 0 Å². The van der Waals surface area contributed by atoms with E-state index in [4.69, 9.17) is 4.52 Å². The molecule has 2 aromatic rings. The van der Waals surface area contributed by atoms with E-state index in [0.717, 1.165) is 12.0 Å². The highest BCUT2D eigenvalue weighted by Crippen LogP contribution is 2.26. The van der Waals surface area contributed by atoms with Crippen molar-refractivity contribution in [2.45, 2.75) is 39.7 Å². The number of carbonyl (C=O) groups is 1. The molecule has 0 bridgehead atoms. The van der Waals surface area contributed by atoms with Crippen LogP contribution in [0.4, 0.5) is 0 Å². The van der Waals surface area contributed by atoms with Gasteiger partial charge in [0, 0.05) is 12.1 Å². The Labute approximate surface area is 136 Å². The summed E-state index contributed by atoms with van der Waals surface area (Å²) in [6, 6.07) is 9.39. The average molecular weight is 316 g/mol. The van der Waals surface area contributed by atoms with Crippen LogP contribution in [0.1, 0.15) is 43.2 Å². The molecule has 2 rings (SSSR count). The molecule has 0 saturated heterocycles. The fourth-order valence-corrected chi connectivity index (χ4v) is 2.39. The Morgan fingerprint density at radius 2 is 2.04 bits per heavy atom. The third-order valence-electron chi connectivity index (χ3n) is 4.41. The molecule has 0 aliphatic heterocycles. The Morgan fingerprint density at radius 1 is 1.39 bits per heavy atom. The molecule has 1 heterocycles. The summed E-state index contributed by atoms with van der Waals surface area (Å²) in [6.07, 6.45) is 0.838. The second kappa shape index (κ2) is 6.96. The first-order valence-corrected chi connectivity index (χ1v) is 7.89. The zero-order valence-electron chi connectivity index (χ0n) is 14.1. The molecule has 0 spiro atoms. The molecule has 23 heavy (non-hydrogen) atoms. The average Bonchev–Trinajstić information content (AvgIpc) is 2.94. The minimum absolute atomic E-state index is 0.0833. The second-order valence-corrected chi connectivity index (χ2v) is 6.19. The maximum absolute atomic E-state index is 12.6. The number of carbonyl (C=O) groups excluding carboxylic acids is 1. The van der Waals surface area contributed by atoms with Gasteiger partial charge in [0.15, 0.2) is 5.76 Å². The molecule has 0 saturated carbocycles. The number of amides is 1. The standard InChI is InChI=1S/C18H24N2O3/c1-5-12(2)18(4,22)11-19-17(21)15-13(3)20-23-16(15)14-9-7-6-8-10-14/h6-10,12,22H,5,11H2,1-4H3,(H,19,21)/t12-,18+/m0/s1. The zero-order valence-corrected chi connectivity index (χ0v) is 14.1. The quantitative estimate of drug-likeness (QED) is 0.858. The number of aryl methyl sites for hydroxylation is 1. The van der Waals surface area contributed by atoms with E-state index >= 15 is 0 Å². The monoisotopic (exact) mass is 316 g/mol. The van der Waals surface area contributed by atoms with Gasteiger partial charge in [-0.3, -0.25) is 4.79 Å². The highest BCUT2D eigenvalue weighted by Gasteiger charge is 2.29. The Morgan fingerprint density at radius 3 is 2.65 bits per heavy atom. The Kier molecular flexibility index (Phi) is 5.21. The van der Waals surface area contributed by atoms with Gasteiger partial charge >= 0.3 is 0 Å². The van der Waals surface area contributed by atoms with E-state index in [1.807, 2.05) is 44.2 Å². The maximum Gasteiger partial charge on any atom is 0.257 e. The number of benzene rings is 1. The van der Waals surface area contributed by atoms with Crippen LogP contribution < -0.4 is 5.32 Å². The summed E-state index contributed by atoms with van der Waals surface area (Å²) in [7, 11) is 0. The molecule has 2 N–H and O–H groups in total. The lowest BCUT2D eigenvalue weighted by Crippen LogP contribution is -2.45. The summed E-state index contributed by atoms with van der Waals surface area (Å²) in [5, 5.41) is 17.1. The first-order chi connectivity index (χ1) is 10.9. The SMILES string of the molecule is CC[C@H](C)[C@](C)(O)CNC(=O)c1c(C)noc1-c1ccccc1. The van der Waals surface area contributed by atoms with E-state index in [2.05, 4.69) is 10.5 Å². The Bertz CT molecular complexity index is 662. The zero-order chi connectivity index (χ0) is 17.0. The van der Waals surface area contributed by atoms with Crippen molar-refractivity contribution in [2.75, 3.05) is 6.54 Å². The molecule has 0 fully saturated rings. The Balaban J connectivity index is 2.19. The van der Waals surface area contributed by atoms with E-state index in [-0.39, 0.29) is 18.4 Å². The Hall–Kier alpha value is -2.14. The minimum atomic E-state index is -0.956. The molecular weight excluding hydrogens is 292 g/mol. The molecule has 0 aliphatic carbocycles. The van der Waals surface area contributed by atoms with Crippen molar-refractivity contribution in [1.29, 1.82) is 0 Å². The fourth-order valence-electron chi connectivity index (χ4n) is 2.39. The van der Waals surface area contributed by atoms with Gasteiger partial charge in [-0.2, -0.15) is 0 Å². The van der Waals surface area contributed by atoms with Crippen LogP contribution in [-0.2, 0) is 0 Å². The lowest BCUT2D eigenvalue weighted by atomic mass is 9.88. The minimum Gasteiger partial charge on any atom is -0.388 e. The van der Waals surface area contributed by atoms with E-state index in [1.54, 1.807) is 13.8 Å². The summed E-state index contributed by atoms with van der Waals surface area (Å²) in [6.45, 7) is 7.63. The topological polar surface area (TPSA) is 75.4 Å². The van der Waals surface area contributed by atoms with Gasteiger partial charge in [0.05, 0.1) is 11.3 Å². The number of rotatable bonds is 6. The van der Waals surface area contributed by atoms with Crippen LogP contribution in [0.2, 0.25) is 0 Å². The number of hydrogen-bond donors (Lipinski definition) is 2. The molecule has 1 aromatic heterocycles. The van der Waals surface area contributed by atoms with Gasteiger partial charge in [-0.15, -0.1) is 0 Å². The molecule has 0 radical (unpaired) electrons. The molecule has 5 heteroatoms. The van der Waals surface area contributed by atoms with Gasteiger partial charge in [-0.05, 0) is 19.8 Å². The number of aromatic nitrogens is 1. The van der Waals surface area contributed by atoms with E-state index in [0.29, 0.717) is 17.0 Å². The summed E-state index contributed by atoms with van der Waals surface area (Å²) < 4.78 is 5.33. The van der Waals surface area contributed by atoms with Gasteiger partial charge in [-0.1, -0.05) is 55.8 Å². The van der Waals surface area contributed by atoms with Gasteiger partial charge in [0.25, 0.3) is 5.91 Å². The van der Waals surface area contributed by atoms with Crippen LogP contribution in [0.25, 0.3) is 11.3 Å². The van der Waals surface area contributed by atoms with Crippen LogP contribution in [0.3, 0.4) is 0 Å². The third-order valence-corrected chi connectivity index (χ3v) is 4.41. The van der Waals surface area contributed by atoms with Gasteiger partial charge in [0.2, 0.25) is 0 Å². The predicted molar refractivity (Wildman–Crippen MR) is 89.1 cm³/mol. The number of nitrogens with one attached hydrogen (secondary N) is 1. The molecular formula is C18H24N2O3. The van der Waals surface area contributed by atoms with Crippen molar-refractivity contribution in [1.82, 2.24) is 10.5 Å². The lowest BCUT2D eigenvalue weighted by Gasteiger charge is -2.29. The van der Waals surface area contributed by atoms with Crippen molar-refractivity contribution in [3.8, 4) is 11.3 Å². The highest BCUT2D eigenvalue weighted by molar-refractivity contribution is 6.00. The normalized spacial score (nSPS) is 15.0. The van der Waals surface area contributed by atoms with Crippen LogP contribution in [0.5, 0.6) is 0 Å². The largest absolute Gasteiger partial charge is 0.388 e. The molecule has 0 aliphatic rings. The van der Waals surface area contributed by atoms with E-state index in [9.17, 15) is 9.90 Å². The molecule has 0 unspecified atom stereocenters. The first-order valence-electron chi connectivity index (χ1n) is 7.89. The lowest BCUT2D eigenvalue weighted by molar-refractivity contribution is 0.00592. The van der Waals surface area contributed by atoms with Crippen LogP contribution >= 0.6 is 0 Å². The van der Waals surface area contributed by atoms with Crippen molar-refractivity contribution >= 4 is 5.91 Å². The number of aliphatic hydroxyl groups is 1. The number of hydrogen-bond acceptors (Lipinski definition) is 4. The molecule has 2 atom stereocenters. The number of nitrogens with zero attached hydrogens (tertiary/aromatic N) is 1. The van der Waals surface area contributed by atoms with Crippen molar-refractivity contribution in [3.63, 3.8) is 0 Å². The first kappa shape index (κ1) is 17.2. The summed E-state index contributed by atoms with van der Waals surface area (Å²) in [5.74, 6) is 0.245. The molecule has 5 nitrogen and oxygen atoms in total. The third kappa shape index (κ3) is 3.79.